The highest BCUT2D eigenvalue weighted by atomic mass is 32.3. The minimum atomic E-state index is -3.34. The Balaban J connectivity index is 2.18. The second-order valence-corrected chi connectivity index (χ2v) is 10.2. The number of thioether (sulfide) groups is 1. The molecule has 0 fully saturated rings. The van der Waals surface area contributed by atoms with E-state index in [-0.39, 0.29) is 6.04 Å². The second kappa shape index (κ2) is 10.5. The lowest BCUT2D eigenvalue weighted by atomic mass is 10.1. The molecule has 2 aromatic rings. The van der Waals surface area contributed by atoms with E-state index in [0.29, 0.717) is 29.3 Å². The van der Waals surface area contributed by atoms with Crippen molar-refractivity contribution in [3.63, 3.8) is 0 Å². The summed E-state index contributed by atoms with van der Waals surface area (Å²) in [6.07, 6.45) is 7.15. The highest BCUT2D eigenvalue weighted by molar-refractivity contribution is 8.22. The van der Waals surface area contributed by atoms with Crippen molar-refractivity contribution >= 4 is 39.9 Å². The highest BCUT2D eigenvalue weighted by Gasteiger charge is 2.37. The number of benzene rings is 2. The van der Waals surface area contributed by atoms with Gasteiger partial charge in [0.25, 0.3) is 0 Å². The summed E-state index contributed by atoms with van der Waals surface area (Å²) in [7, 11) is -1.62. The van der Waals surface area contributed by atoms with Crippen LogP contribution in [0.15, 0.2) is 77.2 Å². The molecule has 1 aliphatic rings. The molecule has 0 aromatic heterocycles. The number of allylic oxidation sites excluding steroid dienone is 1. The molecular formula is C23H28N2O5S2. The Morgan fingerprint density at radius 2 is 2.03 bits per heavy atom. The normalized spacial score (nSPS) is 19.2. The number of ether oxygens (including phenoxy) is 1. The molecule has 0 amide bonds. The van der Waals surface area contributed by atoms with Crippen LogP contribution in [0.1, 0.15) is 12.8 Å². The quantitative estimate of drug-likeness (QED) is 0.190. The molecule has 3 N–H and O–H groups in total. The second-order valence-electron chi connectivity index (χ2n) is 7.26. The maximum atomic E-state index is 11.3. The van der Waals surface area contributed by atoms with Crippen LogP contribution < -0.4 is 9.64 Å². The Hall–Kier alpha value is -2.43. The summed E-state index contributed by atoms with van der Waals surface area (Å²) in [5, 5.41) is 8.86. The van der Waals surface area contributed by atoms with Gasteiger partial charge in [0, 0.05) is 31.4 Å². The molecule has 0 saturated heterocycles. The highest BCUT2D eigenvalue weighted by Crippen LogP contribution is 2.60. The number of hydrogen-bond acceptors (Lipinski definition) is 7. The first-order valence-electron chi connectivity index (χ1n) is 10.0. The van der Waals surface area contributed by atoms with Gasteiger partial charge in [0.2, 0.25) is 0 Å². The van der Waals surface area contributed by atoms with Crippen molar-refractivity contribution in [2.75, 3.05) is 24.7 Å². The van der Waals surface area contributed by atoms with Gasteiger partial charge in [-0.05, 0) is 37.3 Å². The Morgan fingerprint density at radius 1 is 1.31 bits per heavy atom. The van der Waals surface area contributed by atoms with Crippen molar-refractivity contribution in [2.45, 2.75) is 28.7 Å². The number of fused-ring (bicyclic) bond motifs is 1. The topological polar surface area (TPSA) is 93.5 Å². The number of nitrogens with zero attached hydrogens (tertiary/aromatic N) is 2. The summed E-state index contributed by atoms with van der Waals surface area (Å²) in [4.78, 5) is 14.0. The largest absolute Gasteiger partial charge is 0.478 e. The molecule has 0 spiro atoms. The van der Waals surface area contributed by atoms with E-state index in [9.17, 15) is 13.9 Å². The third-order valence-corrected chi connectivity index (χ3v) is 8.09. The van der Waals surface area contributed by atoms with Crippen LogP contribution in [0.4, 0.5) is 11.4 Å². The summed E-state index contributed by atoms with van der Waals surface area (Å²) >= 11 is 1.43. The summed E-state index contributed by atoms with van der Waals surface area (Å²) < 4.78 is 29.9. The number of hydrogen-bond donors (Lipinski definition) is 3. The third kappa shape index (κ3) is 5.13. The van der Waals surface area contributed by atoms with Gasteiger partial charge >= 0.3 is 5.97 Å². The molecule has 9 heteroatoms. The lowest BCUT2D eigenvalue weighted by Crippen LogP contribution is -2.39. The Kier molecular flexibility index (Phi) is 7.91. The van der Waals surface area contributed by atoms with Gasteiger partial charge in [0.15, 0.2) is 0 Å². The van der Waals surface area contributed by atoms with Crippen molar-refractivity contribution in [1.82, 2.24) is 4.31 Å². The Labute approximate surface area is 194 Å². The predicted octanol–water partition coefficient (Wildman–Crippen LogP) is 5.83. The number of anilines is 2. The van der Waals surface area contributed by atoms with Crippen molar-refractivity contribution in [3.05, 3.63) is 67.5 Å². The molecule has 1 aliphatic heterocycles. The molecule has 0 radical (unpaired) electrons. The van der Waals surface area contributed by atoms with Crippen LogP contribution in [0.25, 0.3) is 0 Å². The van der Waals surface area contributed by atoms with Gasteiger partial charge in [0.1, 0.15) is 10.6 Å². The molecule has 0 bridgehead atoms. The summed E-state index contributed by atoms with van der Waals surface area (Å²) in [6, 6.07) is 13.2. The average Bonchev–Trinajstić information content (AvgIpc) is 2.86. The van der Waals surface area contributed by atoms with Crippen LogP contribution in [-0.4, -0.2) is 50.4 Å². The van der Waals surface area contributed by atoms with Crippen molar-refractivity contribution in [2.24, 2.45) is 0 Å². The fourth-order valence-electron chi connectivity index (χ4n) is 3.60. The number of carbonyl (C=O) groups is 1. The number of aliphatic carboxylic acids is 1. The van der Waals surface area contributed by atoms with Gasteiger partial charge in [0.05, 0.1) is 22.9 Å². The maximum absolute atomic E-state index is 11.3. The van der Waals surface area contributed by atoms with Gasteiger partial charge in [-0.1, -0.05) is 24.3 Å². The molecule has 3 rings (SSSR count). The average molecular weight is 477 g/mol. The SMILES string of the molecule is C=CCCC1CN(c2ccccc2)c2cc(SC)c(OC=CC(=O)O)cc2S(O)(O)N1C. The van der Waals surface area contributed by atoms with Crippen molar-refractivity contribution in [1.29, 1.82) is 0 Å². The molecule has 7 nitrogen and oxygen atoms in total. The number of rotatable bonds is 8. The van der Waals surface area contributed by atoms with E-state index in [4.69, 9.17) is 9.84 Å². The first-order chi connectivity index (χ1) is 15.3. The fraction of sp³-hybridized carbons (Fsp3) is 0.261. The Bertz CT molecular complexity index is 997. The molecule has 1 atom stereocenters. The van der Waals surface area contributed by atoms with Gasteiger partial charge in [-0.25, -0.2) is 9.10 Å². The lowest BCUT2D eigenvalue weighted by Gasteiger charge is -2.43. The summed E-state index contributed by atoms with van der Waals surface area (Å²) in [5.74, 6) is -0.769. The van der Waals surface area contributed by atoms with Crippen molar-refractivity contribution < 1.29 is 23.7 Å². The zero-order valence-electron chi connectivity index (χ0n) is 18.0. The zero-order chi connectivity index (χ0) is 23.3. The van der Waals surface area contributed by atoms with E-state index in [1.807, 2.05) is 48.7 Å². The first kappa shape index (κ1) is 24.2. The van der Waals surface area contributed by atoms with Crippen LogP contribution in [0.3, 0.4) is 0 Å². The van der Waals surface area contributed by atoms with Crippen LogP contribution in [0.2, 0.25) is 0 Å². The summed E-state index contributed by atoms with van der Waals surface area (Å²) in [6.45, 7) is 4.36. The van der Waals surface area contributed by atoms with Crippen LogP contribution in [-0.2, 0) is 4.79 Å². The number of para-hydroxylation sites is 1. The van der Waals surface area contributed by atoms with E-state index in [1.54, 1.807) is 17.4 Å². The first-order valence-corrected chi connectivity index (χ1v) is 12.7. The van der Waals surface area contributed by atoms with E-state index >= 15 is 0 Å². The van der Waals surface area contributed by atoms with Crippen LogP contribution in [0, 0.1) is 0 Å². The molecular weight excluding hydrogens is 448 g/mol. The molecule has 172 valence electrons. The van der Waals surface area contributed by atoms with E-state index in [1.165, 1.54) is 11.8 Å². The minimum absolute atomic E-state index is 0.139. The summed E-state index contributed by atoms with van der Waals surface area (Å²) in [5.41, 5.74) is 1.62. The molecule has 0 aliphatic carbocycles. The Morgan fingerprint density at radius 3 is 2.66 bits per heavy atom. The van der Waals surface area contributed by atoms with Gasteiger partial charge < -0.3 is 14.7 Å². The van der Waals surface area contributed by atoms with Crippen LogP contribution in [0.5, 0.6) is 5.75 Å². The number of carboxylic acids is 1. The number of carboxylic acid groups (broad SMARTS) is 1. The molecule has 2 aromatic carbocycles. The lowest BCUT2D eigenvalue weighted by molar-refractivity contribution is -0.131. The standard InChI is InChI=1S/C23H28N2O5S2/c1-4-5-9-18-16-25(17-10-7-6-8-11-17)19-14-21(31-3)20(30-13-12-23(26)27)15-22(19)32(28,29)24(18)2/h4,6-8,10-15,18,28-29H,1,5,9,16H2,2-3H3,(H,26,27). The monoisotopic (exact) mass is 476 g/mol. The van der Waals surface area contributed by atoms with E-state index in [0.717, 1.165) is 29.3 Å². The molecule has 32 heavy (non-hydrogen) atoms. The van der Waals surface area contributed by atoms with Crippen LogP contribution >= 0.6 is 22.5 Å². The molecule has 1 unspecified atom stereocenters. The maximum Gasteiger partial charge on any atom is 0.331 e. The molecule has 1 heterocycles. The zero-order valence-corrected chi connectivity index (χ0v) is 19.7. The predicted molar refractivity (Wildman–Crippen MR) is 131 cm³/mol. The smallest absolute Gasteiger partial charge is 0.331 e. The van der Waals surface area contributed by atoms with Gasteiger partial charge in [-0.2, -0.15) is 0 Å². The minimum Gasteiger partial charge on any atom is -0.478 e. The fourth-order valence-corrected chi connectivity index (χ4v) is 5.75. The van der Waals surface area contributed by atoms with Crippen molar-refractivity contribution in [3.8, 4) is 5.75 Å². The van der Waals surface area contributed by atoms with Gasteiger partial charge in [-0.15, -0.1) is 29.1 Å². The van der Waals surface area contributed by atoms with E-state index < -0.39 is 16.7 Å². The molecule has 0 saturated carbocycles. The van der Waals surface area contributed by atoms with Gasteiger partial charge in [-0.3, -0.25) is 9.11 Å². The third-order valence-electron chi connectivity index (χ3n) is 5.32. The number of likely N-dealkylation sites (N-methyl/N-ethyl adjacent to an activating group) is 1. The van der Waals surface area contributed by atoms with E-state index in [2.05, 4.69) is 11.5 Å².